The van der Waals surface area contributed by atoms with Gasteiger partial charge in [-0.15, -0.1) is 0 Å². The zero-order valence-electron chi connectivity index (χ0n) is 6.72. The van der Waals surface area contributed by atoms with Crippen LogP contribution in [-0.2, 0) is 9.59 Å². The molecule has 0 aliphatic carbocycles. The van der Waals surface area contributed by atoms with Gasteiger partial charge in [-0.1, -0.05) is 6.58 Å². The molecule has 0 unspecified atom stereocenters. The number of allylic oxidation sites excluding steroid dienone is 1. The summed E-state index contributed by atoms with van der Waals surface area (Å²) in [5.41, 5.74) is 0.574. The minimum Gasteiger partial charge on any atom is -0.356 e. The van der Waals surface area contributed by atoms with Gasteiger partial charge in [-0.2, -0.15) is 0 Å². The summed E-state index contributed by atoms with van der Waals surface area (Å²) in [5, 5.41) is 2.68. The minimum atomic E-state index is 0.204. The molecule has 3 nitrogen and oxygen atoms in total. The number of amides is 1. The van der Waals surface area contributed by atoms with Crippen molar-refractivity contribution in [2.45, 2.75) is 19.8 Å². The molecular weight excluding hydrogens is 142 g/mol. The van der Waals surface area contributed by atoms with Gasteiger partial charge in [0.1, 0.15) is 6.29 Å². The van der Waals surface area contributed by atoms with Crippen molar-refractivity contribution in [2.75, 3.05) is 6.54 Å². The molecule has 0 saturated carbocycles. The van der Waals surface area contributed by atoms with Crippen LogP contribution < -0.4 is 5.32 Å². The average Bonchev–Trinajstić information content (AvgIpc) is 2.41. The fraction of sp³-hybridized carbons (Fsp3) is 0.500. The van der Waals surface area contributed by atoms with Crippen molar-refractivity contribution in [3.05, 3.63) is 12.2 Å². The summed E-state index contributed by atoms with van der Waals surface area (Å²) in [6.07, 6.45) is 2.48. The second-order valence-corrected chi connectivity index (χ2v) is 2.42. The van der Waals surface area contributed by atoms with Crippen molar-refractivity contribution in [2.24, 2.45) is 0 Å². The van der Waals surface area contributed by atoms with Gasteiger partial charge in [0.15, 0.2) is 0 Å². The van der Waals surface area contributed by atoms with Crippen LogP contribution >= 0.6 is 0 Å². The van der Waals surface area contributed by atoms with Crippen molar-refractivity contribution in [1.29, 1.82) is 0 Å². The van der Waals surface area contributed by atoms with E-state index in [0.29, 0.717) is 5.57 Å². The van der Waals surface area contributed by atoms with Gasteiger partial charge in [-0.05, 0) is 18.9 Å². The number of hydrogen-bond donors (Lipinski definition) is 1. The molecule has 1 rings (SSSR count). The molecule has 0 spiro atoms. The molecule has 1 heterocycles. The Bertz CT molecular complexity index is 155. The van der Waals surface area contributed by atoms with E-state index in [9.17, 15) is 9.59 Å². The van der Waals surface area contributed by atoms with E-state index in [2.05, 4.69) is 11.9 Å². The monoisotopic (exact) mass is 155 g/mol. The van der Waals surface area contributed by atoms with Crippen molar-refractivity contribution in [3.8, 4) is 0 Å². The highest BCUT2D eigenvalue weighted by molar-refractivity contribution is 5.77. The predicted octanol–water partition coefficient (Wildman–Crippen LogP) is 0.658. The van der Waals surface area contributed by atoms with Crippen LogP contribution in [0, 0.1) is 0 Å². The summed E-state index contributed by atoms with van der Waals surface area (Å²) in [6, 6.07) is 0. The normalized spacial score (nSPS) is 14.5. The first-order chi connectivity index (χ1) is 5.16. The SMILES string of the molecule is C=C(C)C=O.O=C1CCCN1. The van der Waals surface area contributed by atoms with E-state index >= 15 is 0 Å². The van der Waals surface area contributed by atoms with Crippen LogP contribution in [0.15, 0.2) is 12.2 Å². The zero-order chi connectivity index (χ0) is 8.69. The molecular formula is C8H13NO2. The third kappa shape index (κ3) is 6.77. The Morgan fingerprint density at radius 3 is 2.36 bits per heavy atom. The van der Waals surface area contributed by atoms with Gasteiger partial charge in [0.2, 0.25) is 5.91 Å². The van der Waals surface area contributed by atoms with Gasteiger partial charge in [0, 0.05) is 13.0 Å². The van der Waals surface area contributed by atoms with Crippen molar-refractivity contribution in [3.63, 3.8) is 0 Å². The summed E-state index contributed by atoms with van der Waals surface area (Å²) in [5.74, 6) is 0.204. The minimum absolute atomic E-state index is 0.204. The van der Waals surface area contributed by atoms with Crippen LogP contribution in [0.1, 0.15) is 19.8 Å². The standard InChI is InChI=1S/C4H7NO.C4H6O/c6-4-2-1-3-5-4;1-4(2)3-5/h1-3H2,(H,5,6);3H,1H2,2H3. The lowest BCUT2D eigenvalue weighted by molar-refractivity contribution is -0.119. The Labute approximate surface area is 66.5 Å². The van der Waals surface area contributed by atoms with Gasteiger partial charge in [0.25, 0.3) is 0 Å². The van der Waals surface area contributed by atoms with Crippen LogP contribution in [0.3, 0.4) is 0 Å². The van der Waals surface area contributed by atoms with E-state index in [0.717, 1.165) is 25.7 Å². The number of rotatable bonds is 1. The van der Waals surface area contributed by atoms with Gasteiger partial charge in [-0.3, -0.25) is 9.59 Å². The van der Waals surface area contributed by atoms with Crippen molar-refractivity contribution < 1.29 is 9.59 Å². The summed E-state index contributed by atoms with van der Waals surface area (Å²) in [6.45, 7) is 5.85. The maximum absolute atomic E-state index is 10.1. The highest BCUT2D eigenvalue weighted by Gasteiger charge is 2.05. The Morgan fingerprint density at radius 2 is 2.27 bits per heavy atom. The van der Waals surface area contributed by atoms with Crippen LogP contribution in [-0.4, -0.2) is 18.7 Å². The lowest BCUT2D eigenvalue weighted by atomic mass is 10.4. The van der Waals surface area contributed by atoms with E-state index in [1.165, 1.54) is 0 Å². The Kier molecular flexibility index (Phi) is 5.07. The number of carbonyl (C=O) groups is 2. The number of hydrogen-bond acceptors (Lipinski definition) is 2. The second kappa shape index (κ2) is 5.65. The molecule has 0 bridgehead atoms. The zero-order valence-corrected chi connectivity index (χ0v) is 6.72. The molecule has 0 radical (unpaired) electrons. The first-order valence-corrected chi connectivity index (χ1v) is 3.54. The molecule has 0 aromatic rings. The van der Waals surface area contributed by atoms with E-state index < -0.39 is 0 Å². The summed E-state index contributed by atoms with van der Waals surface area (Å²) in [4.78, 5) is 19.5. The van der Waals surface area contributed by atoms with Gasteiger partial charge < -0.3 is 5.32 Å². The van der Waals surface area contributed by atoms with Crippen molar-refractivity contribution in [1.82, 2.24) is 5.32 Å². The maximum Gasteiger partial charge on any atom is 0.220 e. The largest absolute Gasteiger partial charge is 0.356 e. The lowest BCUT2D eigenvalue weighted by Gasteiger charge is -1.80. The summed E-state index contributed by atoms with van der Waals surface area (Å²) in [7, 11) is 0. The Morgan fingerprint density at radius 1 is 1.73 bits per heavy atom. The summed E-state index contributed by atoms with van der Waals surface area (Å²) >= 11 is 0. The Balaban J connectivity index is 0.000000187. The van der Waals surface area contributed by atoms with Crippen LogP contribution in [0.5, 0.6) is 0 Å². The molecule has 1 amide bonds. The fourth-order valence-corrected chi connectivity index (χ4v) is 0.565. The molecule has 1 fully saturated rings. The summed E-state index contributed by atoms with van der Waals surface area (Å²) < 4.78 is 0. The van der Waals surface area contributed by atoms with Crippen LogP contribution in [0.2, 0.25) is 0 Å². The molecule has 3 heteroatoms. The molecule has 1 aliphatic rings. The van der Waals surface area contributed by atoms with Gasteiger partial charge >= 0.3 is 0 Å². The predicted molar refractivity (Wildman–Crippen MR) is 43.1 cm³/mol. The lowest BCUT2D eigenvalue weighted by Crippen LogP contribution is -2.12. The quantitative estimate of drug-likeness (QED) is 0.446. The average molecular weight is 155 g/mol. The molecule has 0 aromatic carbocycles. The molecule has 1 aliphatic heterocycles. The number of carbonyl (C=O) groups excluding carboxylic acids is 2. The third-order valence-electron chi connectivity index (χ3n) is 1.10. The molecule has 11 heavy (non-hydrogen) atoms. The molecule has 1 N–H and O–H groups in total. The molecule has 0 atom stereocenters. The fourth-order valence-electron chi connectivity index (χ4n) is 0.565. The highest BCUT2D eigenvalue weighted by atomic mass is 16.1. The molecule has 1 saturated heterocycles. The van der Waals surface area contributed by atoms with E-state index in [4.69, 9.17) is 0 Å². The second-order valence-electron chi connectivity index (χ2n) is 2.42. The first kappa shape index (κ1) is 9.88. The van der Waals surface area contributed by atoms with Gasteiger partial charge in [-0.25, -0.2) is 0 Å². The van der Waals surface area contributed by atoms with Crippen LogP contribution in [0.4, 0.5) is 0 Å². The van der Waals surface area contributed by atoms with Gasteiger partial charge in [0.05, 0.1) is 0 Å². The first-order valence-electron chi connectivity index (χ1n) is 3.54. The number of nitrogens with one attached hydrogen (secondary N) is 1. The highest BCUT2D eigenvalue weighted by Crippen LogP contribution is 1.93. The molecule has 62 valence electrons. The Hall–Kier alpha value is -1.12. The van der Waals surface area contributed by atoms with E-state index in [1.807, 2.05) is 0 Å². The topological polar surface area (TPSA) is 46.2 Å². The van der Waals surface area contributed by atoms with Crippen LogP contribution in [0.25, 0.3) is 0 Å². The van der Waals surface area contributed by atoms with Crippen molar-refractivity contribution >= 4 is 12.2 Å². The maximum atomic E-state index is 10.1. The third-order valence-corrected chi connectivity index (χ3v) is 1.10. The number of aldehydes is 1. The van der Waals surface area contributed by atoms with E-state index in [1.54, 1.807) is 6.92 Å². The molecule has 0 aromatic heterocycles. The smallest absolute Gasteiger partial charge is 0.220 e. The van der Waals surface area contributed by atoms with E-state index in [-0.39, 0.29) is 5.91 Å².